The molecule has 0 aliphatic carbocycles. The van der Waals surface area contributed by atoms with Crippen LogP contribution >= 0.6 is 22.9 Å². The van der Waals surface area contributed by atoms with E-state index in [4.69, 9.17) is 11.6 Å². The molecule has 2 aromatic carbocycles. The predicted octanol–water partition coefficient (Wildman–Crippen LogP) is 4.65. The van der Waals surface area contributed by atoms with Crippen molar-refractivity contribution in [3.8, 4) is 0 Å². The van der Waals surface area contributed by atoms with Gasteiger partial charge in [0.15, 0.2) is 11.9 Å². The summed E-state index contributed by atoms with van der Waals surface area (Å²) in [4.78, 5) is 30.4. The number of ketones is 1. The molecule has 0 unspecified atom stereocenters. The molecule has 1 aliphatic rings. The maximum Gasteiger partial charge on any atom is 0.255 e. The number of carbonyl (C=O) groups is 2. The average Bonchev–Trinajstić information content (AvgIpc) is 3.57. The Bertz CT molecular complexity index is 1240. The molecule has 1 fully saturated rings. The van der Waals surface area contributed by atoms with E-state index in [-0.39, 0.29) is 12.5 Å². The highest BCUT2D eigenvalue weighted by atomic mass is 35.5. The second kappa shape index (κ2) is 12.2. The Morgan fingerprint density at radius 1 is 1.11 bits per heavy atom. The molecule has 0 bridgehead atoms. The van der Waals surface area contributed by atoms with Crippen LogP contribution in [0.5, 0.6) is 0 Å². The lowest BCUT2D eigenvalue weighted by Gasteiger charge is -2.29. The SMILES string of the molecule is CN(C)c1cccc([C@H]2CCCN2C(=O)[C@H](O)[C@@H](O)C(=O)CCc2cc(Cc3ccccc3Cl)cs2)c1. The summed E-state index contributed by atoms with van der Waals surface area (Å²) >= 11 is 7.80. The summed E-state index contributed by atoms with van der Waals surface area (Å²) in [5, 5.41) is 23.9. The zero-order valence-corrected chi connectivity index (χ0v) is 22.7. The highest BCUT2D eigenvalue weighted by Crippen LogP contribution is 2.34. The summed E-state index contributed by atoms with van der Waals surface area (Å²) < 4.78 is 0. The van der Waals surface area contributed by atoms with Gasteiger partial charge in [0.1, 0.15) is 6.10 Å². The summed E-state index contributed by atoms with van der Waals surface area (Å²) in [5.41, 5.74) is 4.15. The van der Waals surface area contributed by atoms with Gasteiger partial charge in [-0.1, -0.05) is 41.9 Å². The Balaban J connectivity index is 1.33. The third-order valence-electron chi connectivity index (χ3n) is 6.87. The van der Waals surface area contributed by atoms with Gasteiger partial charge in [-0.15, -0.1) is 11.3 Å². The Kier molecular flexibility index (Phi) is 9.03. The first-order valence-electron chi connectivity index (χ1n) is 12.5. The normalized spacial score (nSPS) is 17.0. The van der Waals surface area contributed by atoms with Crippen molar-refractivity contribution in [2.45, 2.75) is 50.4 Å². The molecule has 196 valence electrons. The molecule has 1 saturated heterocycles. The first kappa shape index (κ1) is 27.3. The number of Topliss-reactive ketones (excluding diaryl/α,β-unsaturated/α-hetero) is 1. The first-order chi connectivity index (χ1) is 17.7. The van der Waals surface area contributed by atoms with Gasteiger partial charge in [0.25, 0.3) is 5.91 Å². The number of rotatable bonds is 10. The lowest BCUT2D eigenvalue weighted by Crippen LogP contribution is -2.47. The summed E-state index contributed by atoms with van der Waals surface area (Å²) in [6.07, 6.45) is -0.759. The molecule has 2 heterocycles. The van der Waals surface area contributed by atoms with Crippen molar-refractivity contribution in [3.05, 3.63) is 86.6 Å². The number of likely N-dealkylation sites (tertiary alicyclic amines) is 1. The molecule has 3 aromatic rings. The van der Waals surface area contributed by atoms with Crippen molar-refractivity contribution >= 4 is 40.3 Å². The number of aliphatic hydroxyl groups is 2. The smallest absolute Gasteiger partial charge is 0.255 e. The van der Waals surface area contributed by atoms with Crippen LogP contribution in [0.4, 0.5) is 5.69 Å². The molecule has 1 aliphatic heterocycles. The van der Waals surface area contributed by atoms with Crippen LogP contribution in [0.25, 0.3) is 0 Å². The Labute approximate surface area is 227 Å². The molecule has 0 spiro atoms. The van der Waals surface area contributed by atoms with E-state index in [1.165, 1.54) is 0 Å². The van der Waals surface area contributed by atoms with E-state index >= 15 is 0 Å². The maximum atomic E-state index is 13.1. The summed E-state index contributed by atoms with van der Waals surface area (Å²) in [5.74, 6) is -1.14. The zero-order chi connectivity index (χ0) is 26.5. The van der Waals surface area contributed by atoms with Gasteiger partial charge in [0.2, 0.25) is 0 Å². The Hall–Kier alpha value is -2.71. The fourth-order valence-electron chi connectivity index (χ4n) is 4.77. The third kappa shape index (κ3) is 6.60. The van der Waals surface area contributed by atoms with Crippen LogP contribution in [0.2, 0.25) is 5.02 Å². The summed E-state index contributed by atoms with van der Waals surface area (Å²) in [6, 6.07) is 17.5. The number of thiophene rings is 1. The summed E-state index contributed by atoms with van der Waals surface area (Å²) in [6.45, 7) is 0.483. The number of halogens is 1. The molecule has 1 aromatic heterocycles. The molecule has 0 saturated carbocycles. The van der Waals surface area contributed by atoms with Crippen LogP contribution in [0.3, 0.4) is 0 Å². The molecular weight excluding hydrogens is 508 g/mol. The molecule has 8 heteroatoms. The topological polar surface area (TPSA) is 81.1 Å². The predicted molar refractivity (Wildman–Crippen MR) is 148 cm³/mol. The molecule has 1 amide bonds. The van der Waals surface area contributed by atoms with Crippen molar-refractivity contribution in [2.75, 3.05) is 25.5 Å². The minimum absolute atomic E-state index is 0.0475. The molecule has 0 radical (unpaired) electrons. The number of hydrogen-bond donors (Lipinski definition) is 2. The van der Waals surface area contributed by atoms with Crippen LogP contribution in [0, 0.1) is 0 Å². The van der Waals surface area contributed by atoms with Gasteiger partial charge in [-0.3, -0.25) is 9.59 Å². The average molecular weight is 541 g/mol. The molecule has 2 N–H and O–H groups in total. The van der Waals surface area contributed by atoms with Crippen molar-refractivity contribution < 1.29 is 19.8 Å². The highest BCUT2D eigenvalue weighted by molar-refractivity contribution is 7.10. The fraction of sp³-hybridized carbons (Fsp3) is 0.379. The molecule has 3 atom stereocenters. The largest absolute Gasteiger partial charge is 0.382 e. The molecule has 37 heavy (non-hydrogen) atoms. The van der Waals surface area contributed by atoms with E-state index in [9.17, 15) is 19.8 Å². The van der Waals surface area contributed by atoms with E-state index in [1.54, 1.807) is 16.2 Å². The number of hydrogen-bond acceptors (Lipinski definition) is 6. The number of amides is 1. The monoisotopic (exact) mass is 540 g/mol. The van der Waals surface area contributed by atoms with Crippen molar-refractivity contribution in [1.82, 2.24) is 4.90 Å². The second-order valence-corrected chi connectivity index (χ2v) is 11.1. The molecule has 4 rings (SSSR count). The molecular formula is C29H33ClN2O4S. The van der Waals surface area contributed by atoms with Crippen molar-refractivity contribution in [3.63, 3.8) is 0 Å². The Morgan fingerprint density at radius 3 is 2.65 bits per heavy atom. The van der Waals surface area contributed by atoms with Crippen LogP contribution in [0.15, 0.2) is 60.0 Å². The number of benzene rings is 2. The number of aryl methyl sites for hydroxylation is 1. The van der Waals surface area contributed by atoms with E-state index in [1.807, 2.05) is 79.0 Å². The number of carbonyl (C=O) groups excluding carboxylic acids is 2. The van der Waals surface area contributed by atoms with Gasteiger partial charge in [-0.25, -0.2) is 0 Å². The van der Waals surface area contributed by atoms with Crippen LogP contribution in [-0.4, -0.2) is 59.7 Å². The van der Waals surface area contributed by atoms with Gasteiger partial charge in [0.05, 0.1) is 6.04 Å². The third-order valence-corrected chi connectivity index (χ3v) is 8.28. The summed E-state index contributed by atoms with van der Waals surface area (Å²) in [7, 11) is 3.91. The standard InChI is InChI=1S/C29H33ClN2O4S/c1-31(2)22-9-5-8-21(17-22)25-11-6-14-32(25)29(36)28(35)27(34)26(33)13-12-23-16-19(18-37-23)15-20-7-3-4-10-24(20)30/h3-5,7-10,16-18,25,27-28,34-35H,6,11-15H2,1-2H3/t25-,27+,28-/m1/s1. The minimum atomic E-state index is -1.77. The van der Waals surface area contributed by atoms with E-state index < -0.39 is 23.9 Å². The van der Waals surface area contributed by atoms with Crippen LogP contribution < -0.4 is 4.90 Å². The van der Waals surface area contributed by atoms with Gasteiger partial charge < -0.3 is 20.0 Å². The Morgan fingerprint density at radius 2 is 1.89 bits per heavy atom. The lowest BCUT2D eigenvalue weighted by atomic mass is 10.0. The quantitative estimate of drug-likeness (QED) is 0.391. The highest BCUT2D eigenvalue weighted by Gasteiger charge is 2.38. The molecule has 6 nitrogen and oxygen atoms in total. The number of nitrogens with zero attached hydrogens (tertiary/aromatic N) is 2. The maximum absolute atomic E-state index is 13.1. The van der Waals surface area contributed by atoms with Gasteiger partial charge >= 0.3 is 0 Å². The zero-order valence-electron chi connectivity index (χ0n) is 21.1. The van der Waals surface area contributed by atoms with E-state index in [2.05, 4.69) is 0 Å². The van der Waals surface area contributed by atoms with E-state index in [0.717, 1.165) is 45.1 Å². The van der Waals surface area contributed by atoms with Gasteiger partial charge in [-0.2, -0.15) is 0 Å². The second-order valence-electron chi connectivity index (χ2n) is 9.72. The first-order valence-corrected chi connectivity index (χ1v) is 13.8. The van der Waals surface area contributed by atoms with Crippen LogP contribution in [-0.2, 0) is 22.4 Å². The number of anilines is 1. The lowest BCUT2D eigenvalue weighted by molar-refractivity contribution is -0.153. The minimum Gasteiger partial charge on any atom is -0.382 e. The van der Waals surface area contributed by atoms with Crippen molar-refractivity contribution in [2.24, 2.45) is 0 Å². The van der Waals surface area contributed by atoms with Crippen LogP contribution in [0.1, 0.15) is 46.9 Å². The fourth-order valence-corrected chi connectivity index (χ4v) is 5.87. The van der Waals surface area contributed by atoms with Crippen molar-refractivity contribution in [1.29, 1.82) is 0 Å². The van der Waals surface area contributed by atoms with Gasteiger partial charge in [0, 0.05) is 42.6 Å². The van der Waals surface area contributed by atoms with Gasteiger partial charge in [-0.05, 0) is 72.0 Å². The van der Waals surface area contributed by atoms with E-state index in [0.29, 0.717) is 19.4 Å². The number of aliphatic hydroxyl groups excluding tert-OH is 2.